The van der Waals surface area contributed by atoms with Gasteiger partial charge in [0.2, 0.25) is 0 Å². The number of piperazine rings is 1. The monoisotopic (exact) mass is 324 g/mol. The third-order valence-electron chi connectivity index (χ3n) is 4.58. The molecule has 23 heavy (non-hydrogen) atoms. The van der Waals surface area contributed by atoms with Gasteiger partial charge in [0.05, 0.1) is 12.2 Å². The largest absolute Gasteiger partial charge is 0.391 e. The molecule has 2 N–H and O–H groups in total. The molecule has 0 bridgehead atoms. The highest BCUT2D eigenvalue weighted by atomic mass is 19.1. The molecule has 2 unspecified atom stereocenters. The van der Waals surface area contributed by atoms with E-state index in [2.05, 4.69) is 9.80 Å². The first-order valence-corrected chi connectivity index (χ1v) is 8.32. The summed E-state index contributed by atoms with van der Waals surface area (Å²) in [5.74, 6) is -0.285. The van der Waals surface area contributed by atoms with Crippen molar-refractivity contribution >= 4 is 0 Å². The van der Waals surface area contributed by atoms with Gasteiger partial charge in [-0.15, -0.1) is 0 Å². The van der Waals surface area contributed by atoms with Crippen LogP contribution in [0.1, 0.15) is 32.4 Å². The summed E-state index contributed by atoms with van der Waals surface area (Å²) in [6.07, 6.45) is -0.929. The lowest BCUT2D eigenvalue weighted by Crippen LogP contribution is -2.50. The van der Waals surface area contributed by atoms with Gasteiger partial charge >= 0.3 is 0 Å². The first-order chi connectivity index (χ1) is 10.8. The lowest BCUT2D eigenvalue weighted by atomic mass is 9.89. The molecule has 0 saturated carbocycles. The molecule has 1 aromatic carbocycles. The number of nitrogens with zero attached hydrogens (tertiary/aromatic N) is 2. The SMILES string of the molecule is CC(C)(C)C(O)CN1CCN(CC(O)c2ccc(F)cc2)CC1. The Balaban J connectivity index is 1.77. The highest BCUT2D eigenvalue weighted by Gasteiger charge is 2.27. The summed E-state index contributed by atoms with van der Waals surface area (Å²) in [7, 11) is 0. The van der Waals surface area contributed by atoms with E-state index in [0.29, 0.717) is 13.1 Å². The van der Waals surface area contributed by atoms with E-state index in [0.717, 1.165) is 31.7 Å². The van der Waals surface area contributed by atoms with Crippen LogP contribution in [0.2, 0.25) is 0 Å². The lowest BCUT2D eigenvalue weighted by molar-refractivity contribution is 0.00718. The number of β-amino-alcohol motifs (C(OH)–C–C–N with tert-alkyl or cyclic N) is 2. The van der Waals surface area contributed by atoms with E-state index in [-0.39, 0.29) is 17.3 Å². The minimum atomic E-state index is -0.595. The van der Waals surface area contributed by atoms with Gasteiger partial charge in [-0.1, -0.05) is 32.9 Å². The van der Waals surface area contributed by atoms with Gasteiger partial charge in [-0.3, -0.25) is 9.80 Å². The van der Waals surface area contributed by atoms with E-state index in [1.807, 2.05) is 20.8 Å². The van der Waals surface area contributed by atoms with Gasteiger partial charge in [-0.05, 0) is 23.1 Å². The summed E-state index contributed by atoms with van der Waals surface area (Å²) < 4.78 is 12.9. The number of hydrogen-bond acceptors (Lipinski definition) is 4. The minimum Gasteiger partial charge on any atom is -0.391 e. The zero-order valence-electron chi connectivity index (χ0n) is 14.4. The van der Waals surface area contributed by atoms with Crippen LogP contribution in [0.5, 0.6) is 0 Å². The Kier molecular flexibility index (Phi) is 6.14. The average molecular weight is 324 g/mol. The maximum Gasteiger partial charge on any atom is 0.123 e. The smallest absolute Gasteiger partial charge is 0.123 e. The van der Waals surface area contributed by atoms with Crippen molar-refractivity contribution in [1.82, 2.24) is 9.80 Å². The van der Waals surface area contributed by atoms with E-state index in [1.165, 1.54) is 12.1 Å². The minimum absolute atomic E-state index is 0.101. The molecule has 5 heteroatoms. The molecule has 0 aliphatic carbocycles. The molecule has 2 rings (SSSR count). The summed E-state index contributed by atoms with van der Waals surface area (Å²) in [4.78, 5) is 4.49. The molecule has 1 fully saturated rings. The second-order valence-corrected chi connectivity index (χ2v) is 7.55. The first-order valence-electron chi connectivity index (χ1n) is 8.32. The van der Waals surface area contributed by atoms with Crippen LogP contribution in [0.3, 0.4) is 0 Å². The van der Waals surface area contributed by atoms with Crippen molar-refractivity contribution < 1.29 is 14.6 Å². The number of halogens is 1. The van der Waals surface area contributed by atoms with Crippen molar-refractivity contribution in [2.75, 3.05) is 39.3 Å². The summed E-state index contributed by atoms with van der Waals surface area (Å²) in [6.45, 7) is 10.9. The Morgan fingerprint density at radius 1 is 0.957 bits per heavy atom. The van der Waals surface area contributed by atoms with Crippen molar-refractivity contribution in [3.8, 4) is 0 Å². The maximum absolute atomic E-state index is 12.9. The normalized spacial score (nSPS) is 20.4. The highest BCUT2D eigenvalue weighted by molar-refractivity contribution is 5.18. The van der Waals surface area contributed by atoms with Crippen LogP contribution in [0, 0.1) is 11.2 Å². The van der Waals surface area contributed by atoms with Crippen LogP contribution in [0.4, 0.5) is 4.39 Å². The predicted molar refractivity (Wildman–Crippen MR) is 89.7 cm³/mol. The predicted octanol–water partition coefficient (Wildman–Crippen LogP) is 1.88. The molecular weight excluding hydrogens is 295 g/mol. The summed E-state index contributed by atoms with van der Waals surface area (Å²) in [6, 6.07) is 6.03. The zero-order chi connectivity index (χ0) is 17.0. The average Bonchev–Trinajstić information content (AvgIpc) is 2.49. The van der Waals surface area contributed by atoms with Gasteiger partial charge in [0.1, 0.15) is 5.82 Å². The fourth-order valence-electron chi connectivity index (χ4n) is 2.71. The first kappa shape index (κ1) is 18.3. The zero-order valence-corrected chi connectivity index (χ0v) is 14.4. The van der Waals surface area contributed by atoms with E-state index >= 15 is 0 Å². The van der Waals surface area contributed by atoms with Crippen molar-refractivity contribution in [2.24, 2.45) is 5.41 Å². The second-order valence-electron chi connectivity index (χ2n) is 7.55. The third kappa shape index (κ3) is 5.53. The molecule has 0 amide bonds. The van der Waals surface area contributed by atoms with Gasteiger partial charge in [0, 0.05) is 39.3 Å². The summed E-state index contributed by atoms with van der Waals surface area (Å²) in [5, 5.41) is 20.5. The molecule has 0 aromatic heterocycles. The van der Waals surface area contributed by atoms with E-state index in [1.54, 1.807) is 12.1 Å². The quantitative estimate of drug-likeness (QED) is 0.868. The molecule has 1 aromatic rings. The second kappa shape index (κ2) is 7.71. The Morgan fingerprint density at radius 2 is 1.43 bits per heavy atom. The van der Waals surface area contributed by atoms with Gasteiger partial charge < -0.3 is 10.2 Å². The highest BCUT2D eigenvalue weighted by Crippen LogP contribution is 2.21. The molecule has 130 valence electrons. The fraction of sp³-hybridized carbons (Fsp3) is 0.667. The number of benzene rings is 1. The van der Waals surface area contributed by atoms with Gasteiger partial charge in [-0.25, -0.2) is 4.39 Å². The van der Waals surface area contributed by atoms with Gasteiger partial charge in [-0.2, -0.15) is 0 Å². The number of rotatable bonds is 5. The molecular formula is C18H29FN2O2. The number of aliphatic hydroxyl groups excluding tert-OH is 2. The van der Waals surface area contributed by atoms with Crippen LogP contribution in [-0.2, 0) is 0 Å². The van der Waals surface area contributed by atoms with E-state index < -0.39 is 6.10 Å². The van der Waals surface area contributed by atoms with Crippen molar-refractivity contribution in [2.45, 2.75) is 33.0 Å². The number of aliphatic hydroxyl groups is 2. The van der Waals surface area contributed by atoms with E-state index in [4.69, 9.17) is 0 Å². The molecule has 1 aliphatic heterocycles. The van der Waals surface area contributed by atoms with Crippen molar-refractivity contribution in [3.63, 3.8) is 0 Å². The lowest BCUT2D eigenvalue weighted by Gasteiger charge is -2.38. The molecule has 1 heterocycles. The Morgan fingerprint density at radius 3 is 1.91 bits per heavy atom. The fourth-order valence-corrected chi connectivity index (χ4v) is 2.71. The summed E-state index contributed by atoms with van der Waals surface area (Å²) in [5.41, 5.74) is 0.646. The van der Waals surface area contributed by atoms with Gasteiger partial charge in [0.15, 0.2) is 0 Å². The van der Waals surface area contributed by atoms with Crippen LogP contribution in [0.25, 0.3) is 0 Å². The molecule has 1 saturated heterocycles. The molecule has 0 spiro atoms. The Bertz CT molecular complexity index is 479. The van der Waals surface area contributed by atoms with Gasteiger partial charge in [0.25, 0.3) is 0 Å². The van der Waals surface area contributed by atoms with Crippen molar-refractivity contribution in [3.05, 3.63) is 35.6 Å². The Hall–Kier alpha value is -1.01. The molecule has 1 aliphatic rings. The number of hydrogen-bond donors (Lipinski definition) is 2. The van der Waals surface area contributed by atoms with Crippen LogP contribution >= 0.6 is 0 Å². The van der Waals surface area contributed by atoms with Crippen LogP contribution in [-0.4, -0.2) is 65.4 Å². The molecule has 4 nitrogen and oxygen atoms in total. The van der Waals surface area contributed by atoms with Crippen molar-refractivity contribution in [1.29, 1.82) is 0 Å². The maximum atomic E-state index is 12.9. The summed E-state index contributed by atoms with van der Waals surface area (Å²) >= 11 is 0. The molecule has 0 radical (unpaired) electrons. The topological polar surface area (TPSA) is 46.9 Å². The Labute approximate surface area is 138 Å². The van der Waals surface area contributed by atoms with E-state index in [9.17, 15) is 14.6 Å². The van der Waals surface area contributed by atoms with Crippen LogP contribution < -0.4 is 0 Å². The third-order valence-corrected chi connectivity index (χ3v) is 4.58. The molecule has 2 atom stereocenters. The van der Waals surface area contributed by atoms with Crippen LogP contribution in [0.15, 0.2) is 24.3 Å². The standard InChI is InChI=1S/C18H29FN2O2/c1-18(2,3)17(23)13-21-10-8-20(9-11-21)12-16(22)14-4-6-15(19)7-5-14/h4-7,16-17,22-23H,8-13H2,1-3H3.